The summed E-state index contributed by atoms with van der Waals surface area (Å²) < 4.78 is 5.47. The fraction of sp³-hybridized carbons (Fsp3) is 0.737. The number of ether oxygens (including phenoxy) is 1. The highest BCUT2D eigenvalue weighted by Crippen LogP contribution is 2.33. The third-order valence-corrected chi connectivity index (χ3v) is 5.80. The molecule has 0 radical (unpaired) electrons. The van der Waals surface area contributed by atoms with Crippen molar-refractivity contribution in [2.24, 2.45) is 0 Å². The van der Waals surface area contributed by atoms with E-state index in [9.17, 15) is 4.79 Å². The molecule has 1 aromatic rings. The molecular weight excluding hydrogens is 344 g/mol. The first-order valence-corrected chi connectivity index (χ1v) is 10.1. The second-order valence-corrected chi connectivity index (χ2v) is 7.72. The van der Waals surface area contributed by atoms with Gasteiger partial charge in [-0.1, -0.05) is 6.92 Å². The number of hydrogen-bond acceptors (Lipinski definition) is 7. The minimum Gasteiger partial charge on any atom is -0.378 e. The van der Waals surface area contributed by atoms with Crippen LogP contribution < -0.4 is 9.80 Å². The Kier molecular flexibility index (Phi) is 5.19. The lowest BCUT2D eigenvalue weighted by Crippen LogP contribution is -2.47. The van der Waals surface area contributed by atoms with Crippen LogP contribution in [0.2, 0.25) is 0 Å². The van der Waals surface area contributed by atoms with Crippen LogP contribution in [-0.2, 0) is 11.3 Å². The molecule has 0 atom stereocenters. The number of rotatable bonds is 4. The van der Waals surface area contributed by atoms with Crippen molar-refractivity contribution in [3.05, 3.63) is 11.3 Å². The van der Waals surface area contributed by atoms with E-state index in [2.05, 4.69) is 35.5 Å². The van der Waals surface area contributed by atoms with E-state index in [1.165, 1.54) is 0 Å². The van der Waals surface area contributed by atoms with Crippen LogP contribution in [0.5, 0.6) is 0 Å². The number of anilines is 2. The van der Waals surface area contributed by atoms with Gasteiger partial charge in [0.25, 0.3) is 5.91 Å². The van der Waals surface area contributed by atoms with Gasteiger partial charge in [-0.15, -0.1) is 0 Å². The number of piperazine rings is 1. The topological polar surface area (TPSA) is 65.0 Å². The molecule has 8 heteroatoms. The third kappa shape index (κ3) is 3.48. The van der Waals surface area contributed by atoms with Gasteiger partial charge in [0, 0.05) is 50.9 Å². The largest absolute Gasteiger partial charge is 0.378 e. The fourth-order valence-corrected chi connectivity index (χ4v) is 4.02. The highest BCUT2D eigenvalue weighted by atomic mass is 16.5. The molecule has 4 rings (SSSR count). The summed E-state index contributed by atoms with van der Waals surface area (Å²) in [6.45, 7) is 14.8. The van der Waals surface area contributed by atoms with Crippen molar-refractivity contribution in [3.8, 4) is 0 Å². The zero-order chi connectivity index (χ0) is 19.0. The summed E-state index contributed by atoms with van der Waals surface area (Å²) in [5.41, 5.74) is 1.59. The van der Waals surface area contributed by atoms with Crippen molar-refractivity contribution >= 4 is 17.7 Å². The van der Waals surface area contributed by atoms with E-state index in [1.54, 1.807) is 0 Å². The van der Waals surface area contributed by atoms with Gasteiger partial charge in [0.1, 0.15) is 11.5 Å². The zero-order valence-corrected chi connectivity index (χ0v) is 16.6. The minimum atomic E-state index is 0.0327. The van der Waals surface area contributed by atoms with Gasteiger partial charge in [-0.25, -0.2) is 4.98 Å². The third-order valence-electron chi connectivity index (χ3n) is 5.80. The molecule has 3 aliphatic heterocycles. The average molecular weight is 374 g/mol. The normalized spacial score (nSPS) is 21.3. The van der Waals surface area contributed by atoms with Crippen LogP contribution in [0, 0.1) is 0 Å². The predicted molar refractivity (Wildman–Crippen MR) is 104 cm³/mol. The Balaban J connectivity index is 1.70. The Hall–Kier alpha value is -1.93. The lowest BCUT2D eigenvalue weighted by molar-refractivity contribution is 0.0726. The molecule has 8 nitrogen and oxygen atoms in total. The molecule has 2 saturated heterocycles. The van der Waals surface area contributed by atoms with Crippen LogP contribution in [0.4, 0.5) is 11.8 Å². The van der Waals surface area contributed by atoms with Crippen LogP contribution in [0.3, 0.4) is 0 Å². The van der Waals surface area contributed by atoms with Crippen molar-refractivity contribution in [1.82, 2.24) is 19.8 Å². The quantitative estimate of drug-likeness (QED) is 0.773. The Labute approximate surface area is 161 Å². The summed E-state index contributed by atoms with van der Waals surface area (Å²) in [5, 5.41) is 0. The molecule has 0 saturated carbocycles. The number of amides is 1. The first-order valence-electron chi connectivity index (χ1n) is 10.1. The van der Waals surface area contributed by atoms with E-state index in [-0.39, 0.29) is 11.9 Å². The van der Waals surface area contributed by atoms with Crippen molar-refractivity contribution in [2.45, 2.75) is 33.4 Å². The van der Waals surface area contributed by atoms with E-state index in [1.807, 2.05) is 4.90 Å². The minimum absolute atomic E-state index is 0.0327. The SMILES string of the molecule is CCN1CCN(c2nc(N3CCOCC3)nc3c2CN(C(C)C)C3=O)CC1. The number of likely N-dealkylation sites (N-methyl/N-ethyl adjacent to an activating group) is 1. The molecule has 0 aliphatic carbocycles. The Morgan fingerprint density at radius 2 is 1.70 bits per heavy atom. The molecule has 1 amide bonds. The lowest BCUT2D eigenvalue weighted by atomic mass is 10.2. The van der Waals surface area contributed by atoms with Crippen molar-refractivity contribution in [1.29, 1.82) is 0 Å². The maximum atomic E-state index is 13.0. The summed E-state index contributed by atoms with van der Waals surface area (Å²) in [6, 6.07) is 0.156. The number of morpholine rings is 1. The molecule has 0 bridgehead atoms. The molecule has 2 fully saturated rings. The van der Waals surface area contributed by atoms with Gasteiger partial charge in [0.05, 0.1) is 19.8 Å². The monoisotopic (exact) mass is 374 g/mol. The van der Waals surface area contributed by atoms with Gasteiger partial charge in [-0.2, -0.15) is 4.98 Å². The van der Waals surface area contributed by atoms with Gasteiger partial charge in [0.2, 0.25) is 5.95 Å². The first-order chi connectivity index (χ1) is 13.1. The fourth-order valence-electron chi connectivity index (χ4n) is 4.02. The number of aromatic nitrogens is 2. The van der Waals surface area contributed by atoms with Crippen molar-refractivity contribution in [2.75, 3.05) is 68.8 Å². The molecule has 3 aliphatic rings. The van der Waals surface area contributed by atoms with Crippen LogP contribution in [0.25, 0.3) is 0 Å². The molecular formula is C19H30N6O2. The highest BCUT2D eigenvalue weighted by molar-refractivity contribution is 5.98. The molecule has 1 aromatic heterocycles. The van der Waals surface area contributed by atoms with E-state index in [0.29, 0.717) is 31.4 Å². The van der Waals surface area contributed by atoms with E-state index in [4.69, 9.17) is 14.7 Å². The van der Waals surface area contributed by atoms with Crippen LogP contribution in [0.1, 0.15) is 36.8 Å². The molecule has 0 unspecified atom stereocenters. The number of hydrogen-bond donors (Lipinski definition) is 0. The second-order valence-electron chi connectivity index (χ2n) is 7.72. The van der Waals surface area contributed by atoms with Crippen molar-refractivity contribution < 1.29 is 9.53 Å². The smallest absolute Gasteiger partial charge is 0.273 e. The maximum absolute atomic E-state index is 13.0. The summed E-state index contributed by atoms with van der Waals surface area (Å²) in [6.07, 6.45) is 0. The van der Waals surface area contributed by atoms with Crippen LogP contribution in [-0.4, -0.2) is 90.7 Å². The standard InChI is InChI=1S/C19H30N6O2/c1-4-22-5-7-23(8-6-22)17-15-13-25(14(2)3)18(26)16(15)20-19(21-17)24-9-11-27-12-10-24/h14H,4-13H2,1-3H3. The van der Waals surface area contributed by atoms with Crippen molar-refractivity contribution in [3.63, 3.8) is 0 Å². The summed E-state index contributed by atoms with van der Waals surface area (Å²) >= 11 is 0. The average Bonchev–Trinajstić information content (AvgIpc) is 3.05. The highest BCUT2D eigenvalue weighted by Gasteiger charge is 2.36. The zero-order valence-electron chi connectivity index (χ0n) is 16.6. The second kappa shape index (κ2) is 7.59. The molecule has 0 N–H and O–H groups in total. The molecule has 0 spiro atoms. The number of carbonyl (C=O) groups excluding carboxylic acids is 1. The Morgan fingerprint density at radius 1 is 1.00 bits per heavy atom. The van der Waals surface area contributed by atoms with Gasteiger partial charge in [-0.3, -0.25) is 4.79 Å². The summed E-state index contributed by atoms with van der Waals surface area (Å²) in [7, 11) is 0. The summed E-state index contributed by atoms with van der Waals surface area (Å²) in [4.78, 5) is 31.5. The van der Waals surface area contributed by atoms with Gasteiger partial charge < -0.3 is 24.3 Å². The van der Waals surface area contributed by atoms with Crippen LogP contribution in [0.15, 0.2) is 0 Å². The Bertz CT molecular complexity index is 696. The number of fused-ring (bicyclic) bond motifs is 1. The lowest BCUT2D eigenvalue weighted by Gasteiger charge is -2.36. The van der Waals surface area contributed by atoms with E-state index >= 15 is 0 Å². The molecule has 148 valence electrons. The summed E-state index contributed by atoms with van der Waals surface area (Å²) in [5.74, 6) is 1.66. The molecule has 0 aromatic carbocycles. The van der Waals surface area contributed by atoms with E-state index in [0.717, 1.165) is 57.2 Å². The van der Waals surface area contributed by atoms with Gasteiger partial charge in [-0.05, 0) is 20.4 Å². The number of carbonyl (C=O) groups is 1. The Morgan fingerprint density at radius 3 is 2.33 bits per heavy atom. The maximum Gasteiger partial charge on any atom is 0.273 e. The molecule has 4 heterocycles. The molecule has 27 heavy (non-hydrogen) atoms. The first kappa shape index (κ1) is 18.4. The number of nitrogens with zero attached hydrogens (tertiary/aromatic N) is 6. The predicted octanol–water partition coefficient (Wildman–Crippen LogP) is 0.819. The van der Waals surface area contributed by atoms with Gasteiger partial charge in [0.15, 0.2) is 0 Å². The van der Waals surface area contributed by atoms with Crippen LogP contribution >= 0.6 is 0 Å². The van der Waals surface area contributed by atoms with E-state index < -0.39 is 0 Å². The van der Waals surface area contributed by atoms with Gasteiger partial charge >= 0.3 is 0 Å².